The van der Waals surface area contributed by atoms with Crippen LogP contribution in [0, 0.1) is 0 Å². The van der Waals surface area contributed by atoms with Crippen LogP contribution < -0.4 is 0 Å². The fourth-order valence-corrected chi connectivity index (χ4v) is 4.54. The van der Waals surface area contributed by atoms with Crippen LogP contribution >= 0.6 is 22.9 Å². The van der Waals surface area contributed by atoms with E-state index in [4.69, 9.17) is 11.6 Å². The maximum absolute atomic E-state index is 13.0. The van der Waals surface area contributed by atoms with Crippen molar-refractivity contribution >= 4 is 28.8 Å². The van der Waals surface area contributed by atoms with Crippen molar-refractivity contribution in [3.05, 3.63) is 40.4 Å². The van der Waals surface area contributed by atoms with Crippen LogP contribution in [0.2, 0.25) is 5.02 Å². The van der Waals surface area contributed by atoms with Crippen LogP contribution in [0.3, 0.4) is 0 Å². The van der Waals surface area contributed by atoms with Gasteiger partial charge in [-0.2, -0.15) is 0 Å². The summed E-state index contributed by atoms with van der Waals surface area (Å²) in [6, 6.07) is 7.47. The van der Waals surface area contributed by atoms with Gasteiger partial charge in [0.05, 0.1) is 18.3 Å². The maximum Gasteiger partial charge on any atom is 0.266 e. The molecule has 2 aromatic rings. The Morgan fingerprint density at radius 1 is 1.50 bits per heavy atom. The third kappa shape index (κ3) is 3.21. The van der Waals surface area contributed by atoms with Crippen molar-refractivity contribution in [3.63, 3.8) is 0 Å². The third-order valence-corrected chi connectivity index (χ3v) is 5.91. The molecule has 1 N–H and O–H groups in total. The molecule has 1 aliphatic rings. The number of hydrogen-bond donors (Lipinski definition) is 1. The smallest absolute Gasteiger partial charge is 0.266 e. The molecule has 1 fully saturated rings. The Labute approximate surface area is 151 Å². The number of likely N-dealkylation sites (tertiary alicyclic amines) is 1. The van der Waals surface area contributed by atoms with E-state index in [-0.39, 0.29) is 12.5 Å². The Hall–Kier alpha value is -1.43. The number of rotatable bonds is 5. The van der Waals surface area contributed by atoms with Crippen molar-refractivity contribution in [1.29, 1.82) is 0 Å². The second-order valence-corrected chi connectivity index (χ2v) is 7.70. The Kier molecular flexibility index (Phi) is 5.23. The highest BCUT2D eigenvalue weighted by molar-refractivity contribution is 7.16. The molecule has 4 nitrogen and oxygen atoms in total. The number of halogens is 1. The molecule has 0 saturated carbocycles. The van der Waals surface area contributed by atoms with Crippen molar-refractivity contribution < 1.29 is 9.90 Å². The third-order valence-electron chi connectivity index (χ3n) is 4.64. The van der Waals surface area contributed by atoms with Crippen molar-refractivity contribution in [2.75, 3.05) is 13.2 Å². The van der Waals surface area contributed by atoms with Crippen LogP contribution in [0.25, 0.3) is 10.6 Å². The summed E-state index contributed by atoms with van der Waals surface area (Å²) < 4.78 is 0. The molecule has 24 heavy (non-hydrogen) atoms. The second kappa shape index (κ2) is 7.21. The lowest BCUT2D eigenvalue weighted by molar-refractivity contribution is 0.0381. The lowest BCUT2D eigenvalue weighted by Gasteiger charge is -2.36. The zero-order chi connectivity index (χ0) is 17.2. The van der Waals surface area contributed by atoms with Gasteiger partial charge in [-0.3, -0.25) is 4.79 Å². The van der Waals surface area contributed by atoms with E-state index in [0.29, 0.717) is 16.4 Å². The molecule has 3 rings (SSSR count). The number of aliphatic hydroxyl groups excluding tert-OH is 1. The zero-order valence-electron chi connectivity index (χ0n) is 13.7. The topological polar surface area (TPSA) is 53.4 Å². The van der Waals surface area contributed by atoms with Gasteiger partial charge in [-0.15, -0.1) is 11.3 Å². The Bertz CT molecular complexity index is 733. The number of aliphatic hydroxyl groups is 1. The summed E-state index contributed by atoms with van der Waals surface area (Å²) >= 11 is 7.41. The normalized spacial score (nSPS) is 20.5. The molecule has 0 spiro atoms. The molecule has 6 heteroatoms. The number of carbonyl (C=O) groups is 1. The minimum absolute atomic E-state index is 0.0204. The number of thiazole rings is 1. The van der Waals surface area contributed by atoms with E-state index in [1.807, 2.05) is 29.2 Å². The molecular weight excluding hydrogens is 344 g/mol. The largest absolute Gasteiger partial charge is 0.394 e. The van der Waals surface area contributed by atoms with Crippen LogP contribution in [0.5, 0.6) is 0 Å². The molecular formula is C18H21ClN2O2S. The number of benzene rings is 1. The number of amides is 1. The molecule has 1 aromatic carbocycles. The van der Waals surface area contributed by atoms with Crippen LogP contribution in [0.15, 0.2) is 30.5 Å². The van der Waals surface area contributed by atoms with Crippen LogP contribution in [-0.4, -0.2) is 39.6 Å². The number of carbonyl (C=O) groups excluding carboxylic acids is 1. The van der Waals surface area contributed by atoms with Crippen molar-refractivity contribution in [3.8, 4) is 10.6 Å². The molecule has 0 aliphatic carbocycles. The highest BCUT2D eigenvalue weighted by atomic mass is 35.5. The Morgan fingerprint density at radius 2 is 2.33 bits per heavy atom. The molecule has 1 atom stereocenters. The summed E-state index contributed by atoms with van der Waals surface area (Å²) in [5, 5.41) is 11.3. The highest BCUT2D eigenvalue weighted by Crippen LogP contribution is 2.36. The number of aromatic nitrogens is 1. The van der Waals surface area contributed by atoms with Gasteiger partial charge >= 0.3 is 0 Å². The average Bonchev–Trinajstić information content (AvgIpc) is 3.22. The minimum Gasteiger partial charge on any atom is -0.394 e. The number of hydrogen-bond acceptors (Lipinski definition) is 4. The van der Waals surface area contributed by atoms with Crippen molar-refractivity contribution in [1.82, 2.24) is 9.88 Å². The predicted octanol–water partition coefficient (Wildman–Crippen LogP) is 4.23. The van der Waals surface area contributed by atoms with E-state index < -0.39 is 5.54 Å². The van der Waals surface area contributed by atoms with E-state index in [9.17, 15) is 9.90 Å². The molecule has 0 bridgehead atoms. The quantitative estimate of drug-likeness (QED) is 0.863. The molecule has 1 amide bonds. The van der Waals surface area contributed by atoms with Gasteiger partial charge in [0.25, 0.3) is 5.91 Å². The molecule has 1 saturated heterocycles. The van der Waals surface area contributed by atoms with Gasteiger partial charge in [-0.25, -0.2) is 4.98 Å². The van der Waals surface area contributed by atoms with E-state index in [1.165, 1.54) is 11.3 Å². The van der Waals surface area contributed by atoms with E-state index >= 15 is 0 Å². The van der Waals surface area contributed by atoms with Crippen LogP contribution in [0.4, 0.5) is 0 Å². The first kappa shape index (κ1) is 17.4. The first-order chi connectivity index (χ1) is 11.6. The Balaban J connectivity index is 1.86. The van der Waals surface area contributed by atoms with Gasteiger partial charge in [0.15, 0.2) is 0 Å². The molecule has 2 heterocycles. The van der Waals surface area contributed by atoms with Gasteiger partial charge in [0.1, 0.15) is 9.88 Å². The van der Waals surface area contributed by atoms with E-state index in [1.54, 1.807) is 6.20 Å². The fourth-order valence-electron chi connectivity index (χ4n) is 3.49. The summed E-state index contributed by atoms with van der Waals surface area (Å²) in [5.74, 6) is -0.0271. The summed E-state index contributed by atoms with van der Waals surface area (Å²) in [4.78, 5) is 19.8. The van der Waals surface area contributed by atoms with E-state index in [2.05, 4.69) is 11.9 Å². The van der Waals surface area contributed by atoms with Crippen LogP contribution in [-0.2, 0) is 0 Å². The maximum atomic E-state index is 13.0. The highest BCUT2D eigenvalue weighted by Gasteiger charge is 2.43. The monoisotopic (exact) mass is 364 g/mol. The molecule has 128 valence electrons. The fraction of sp³-hybridized carbons (Fsp3) is 0.444. The standard InChI is InChI=1S/C18H21ClN2O2S/c1-2-7-18(12-22)8-4-9-21(18)17(23)15-11-20-16(24-15)13-5-3-6-14(19)10-13/h3,5-6,10-11,22H,2,4,7-9,12H2,1H3. The van der Waals surface area contributed by atoms with Crippen molar-refractivity contribution in [2.45, 2.75) is 38.1 Å². The van der Waals surface area contributed by atoms with Crippen LogP contribution in [0.1, 0.15) is 42.3 Å². The SMILES string of the molecule is CCCC1(CO)CCCN1C(=O)c1cnc(-c2cccc(Cl)c2)s1. The first-order valence-electron chi connectivity index (χ1n) is 8.24. The molecule has 1 aliphatic heterocycles. The van der Waals surface area contributed by atoms with Crippen molar-refractivity contribution in [2.24, 2.45) is 0 Å². The second-order valence-electron chi connectivity index (χ2n) is 6.23. The van der Waals surface area contributed by atoms with Gasteiger partial charge < -0.3 is 10.0 Å². The summed E-state index contributed by atoms with van der Waals surface area (Å²) in [6.45, 7) is 2.80. The lowest BCUT2D eigenvalue weighted by atomic mass is 9.91. The lowest BCUT2D eigenvalue weighted by Crippen LogP contribution is -2.49. The first-order valence-corrected chi connectivity index (χ1v) is 9.44. The minimum atomic E-state index is -0.411. The molecule has 0 radical (unpaired) electrons. The van der Waals surface area contributed by atoms with E-state index in [0.717, 1.165) is 36.3 Å². The van der Waals surface area contributed by atoms with Gasteiger partial charge in [-0.05, 0) is 31.4 Å². The zero-order valence-corrected chi connectivity index (χ0v) is 15.2. The molecule has 1 unspecified atom stereocenters. The summed E-state index contributed by atoms with van der Waals surface area (Å²) in [7, 11) is 0. The van der Waals surface area contributed by atoms with Gasteiger partial charge in [-0.1, -0.05) is 37.1 Å². The summed E-state index contributed by atoms with van der Waals surface area (Å²) in [6.07, 6.45) is 5.21. The van der Waals surface area contributed by atoms with Gasteiger partial charge in [0, 0.05) is 17.1 Å². The molecule has 1 aromatic heterocycles. The number of nitrogens with zero attached hydrogens (tertiary/aromatic N) is 2. The summed E-state index contributed by atoms with van der Waals surface area (Å²) in [5.41, 5.74) is 0.501. The predicted molar refractivity (Wildman–Crippen MR) is 97.6 cm³/mol. The average molecular weight is 365 g/mol. The van der Waals surface area contributed by atoms with Gasteiger partial charge in [0.2, 0.25) is 0 Å². The Morgan fingerprint density at radius 3 is 3.04 bits per heavy atom.